The van der Waals surface area contributed by atoms with E-state index in [2.05, 4.69) is 15.4 Å². The van der Waals surface area contributed by atoms with E-state index in [1.54, 1.807) is 0 Å². The standard InChI is InChI=1S/C11H12F2N2O4/c1-19-9-5-6(12)8(4-7(9)13)15-11(18)14-3-2-10(16)17/h4-5H,2-3H2,1H3,(H,16,17)(H2,14,15,18). The van der Waals surface area contributed by atoms with Crippen LogP contribution in [0, 0.1) is 11.6 Å². The molecule has 0 aromatic heterocycles. The van der Waals surface area contributed by atoms with E-state index in [0.29, 0.717) is 0 Å². The Morgan fingerprint density at radius 3 is 2.58 bits per heavy atom. The molecule has 0 bridgehead atoms. The number of carboxylic acid groups (broad SMARTS) is 1. The highest BCUT2D eigenvalue weighted by atomic mass is 19.1. The smallest absolute Gasteiger partial charge is 0.319 e. The van der Waals surface area contributed by atoms with Crippen LogP contribution in [0.1, 0.15) is 6.42 Å². The van der Waals surface area contributed by atoms with Crippen LogP contribution < -0.4 is 15.4 Å². The molecule has 8 heteroatoms. The molecule has 1 aromatic carbocycles. The van der Waals surface area contributed by atoms with Gasteiger partial charge in [-0.15, -0.1) is 0 Å². The van der Waals surface area contributed by atoms with Gasteiger partial charge in [-0.2, -0.15) is 0 Å². The summed E-state index contributed by atoms with van der Waals surface area (Å²) in [5.74, 6) is -3.06. The van der Waals surface area contributed by atoms with E-state index in [-0.39, 0.29) is 24.4 Å². The van der Waals surface area contributed by atoms with Crippen LogP contribution in [0.3, 0.4) is 0 Å². The minimum absolute atomic E-state index is 0.124. The lowest BCUT2D eigenvalue weighted by Crippen LogP contribution is -2.30. The monoisotopic (exact) mass is 274 g/mol. The van der Waals surface area contributed by atoms with Crippen LogP contribution in [0.15, 0.2) is 12.1 Å². The van der Waals surface area contributed by atoms with Gasteiger partial charge < -0.3 is 20.5 Å². The Balaban J connectivity index is 2.64. The first-order valence-electron chi connectivity index (χ1n) is 5.23. The summed E-state index contributed by atoms with van der Waals surface area (Å²) >= 11 is 0. The Morgan fingerprint density at radius 1 is 1.32 bits per heavy atom. The van der Waals surface area contributed by atoms with Gasteiger partial charge in [0.15, 0.2) is 17.4 Å². The van der Waals surface area contributed by atoms with E-state index in [1.165, 1.54) is 7.11 Å². The van der Waals surface area contributed by atoms with Crippen LogP contribution in [0.2, 0.25) is 0 Å². The van der Waals surface area contributed by atoms with Crippen molar-refractivity contribution in [3.05, 3.63) is 23.8 Å². The van der Waals surface area contributed by atoms with Crippen molar-refractivity contribution in [2.24, 2.45) is 0 Å². The maximum absolute atomic E-state index is 13.4. The molecule has 0 fully saturated rings. The van der Waals surface area contributed by atoms with Crippen molar-refractivity contribution in [1.29, 1.82) is 0 Å². The van der Waals surface area contributed by atoms with Gasteiger partial charge in [0.05, 0.1) is 19.2 Å². The average molecular weight is 274 g/mol. The maximum Gasteiger partial charge on any atom is 0.319 e. The quantitative estimate of drug-likeness (QED) is 0.760. The predicted octanol–water partition coefficient (Wildman–Crippen LogP) is 1.57. The van der Waals surface area contributed by atoms with Crippen molar-refractivity contribution in [2.45, 2.75) is 6.42 Å². The van der Waals surface area contributed by atoms with Crippen molar-refractivity contribution in [2.75, 3.05) is 19.0 Å². The molecule has 0 aliphatic carbocycles. The van der Waals surface area contributed by atoms with Crippen molar-refractivity contribution in [1.82, 2.24) is 5.32 Å². The summed E-state index contributed by atoms with van der Waals surface area (Å²) in [6, 6.07) is 0.734. The first kappa shape index (κ1) is 14.7. The van der Waals surface area contributed by atoms with Gasteiger partial charge in [0, 0.05) is 18.7 Å². The molecule has 0 aliphatic heterocycles. The fraction of sp³-hybridized carbons (Fsp3) is 0.273. The molecule has 1 aromatic rings. The summed E-state index contributed by atoms with van der Waals surface area (Å²) in [4.78, 5) is 21.5. The number of benzene rings is 1. The zero-order valence-corrected chi connectivity index (χ0v) is 10.00. The van der Waals surface area contributed by atoms with Crippen LogP contribution >= 0.6 is 0 Å². The summed E-state index contributed by atoms with van der Waals surface area (Å²) in [5, 5.41) is 12.6. The normalized spacial score (nSPS) is 9.84. The number of carbonyl (C=O) groups is 2. The second-order valence-electron chi connectivity index (χ2n) is 3.49. The highest BCUT2D eigenvalue weighted by Gasteiger charge is 2.12. The molecular formula is C11H12F2N2O4. The summed E-state index contributed by atoms with van der Waals surface area (Å²) < 4.78 is 31.3. The van der Waals surface area contributed by atoms with Crippen LogP contribution in [0.4, 0.5) is 19.3 Å². The molecule has 0 heterocycles. The van der Waals surface area contributed by atoms with Gasteiger partial charge in [0.2, 0.25) is 0 Å². The van der Waals surface area contributed by atoms with Gasteiger partial charge in [-0.05, 0) is 0 Å². The lowest BCUT2D eigenvalue weighted by molar-refractivity contribution is -0.136. The van der Waals surface area contributed by atoms with E-state index in [0.717, 1.165) is 12.1 Å². The molecule has 6 nitrogen and oxygen atoms in total. The summed E-state index contributed by atoms with van der Waals surface area (Å²) in [6.07, 6.45) is -0.271. The first-order chi connectivity index (χ1) is 8.93. The van der Waals surface area contributed by atoms with E-state index >= 15 is 0 Å². The second-order valence-corrected chi connectivity index (χ2v) is 3.49. The van der Waals surface area contributed by atoms with Crippen molar-refractivity contribution in [3.63, 3.8) is 0 Å². The van der Waals surface area contributed by atoms with Gasteiger partial charge >= 0.3 is 12.0 Å². The van der Waals surface area contributed by atoms with Gasteiger partial charge in [-0.25, -0.2) is 13.6 Å². The summed E-state index contributed by atoms with van der Waals surface area (Å²) in [6.45, 7) is -0.124. The molecule has 0 saturated heterocycles. The second kappa shape index (κ2) is 6.53. The number of carbonyl (C=O) groups excluding carboxylic acids is 1. The van der Waals surface area contributed by atoms with Crippen LogP contribution in [0.5, 0.6) is 5.75 Å². The van der Waals surface area contributed by atoms with E-state index in [4.69, 9.17) is 5.11 Å². The minimum Gasteiger partial charge on any atom is -0.494 e. The van der Waals surface area contributed by atoms with Gasteiger partial charge in [0.25, 0.3) is 0 Å². The van der Waals surface area contributed by atoms with E-state index in [1.807, 2.05) is 0 Å². The molecule has 19 heavy (non-hydrogen) atoms. The van der Waals surface area contributed by atoms with E-state index in [9.17, 15) is 18.4 Å². The number of hydrogen-bond acceptors (Lipinski definition) is 3. The number of anilines is 1. The molecule has 0 spiro atoms. The molecule has 104 valence electrons. The van der Waals surface area contributed by atoms with Gasteiger partial charge in [-0.3, -0.25) is 4.79 Å². The Kier molecular flexibility index (Phi) is 5.04. The van der Waals surface area contributed by atoms with Crippen LogP contribution in [0.25, 0.3) is 0 Å². The highest BCUT2D eigenvalue weighted by molar-refractivity contribution is 5.89. The molecule has 3 N–H and O–H groups in total. The van der Waals surface area contributed by atoms with Crippen molar-refractivity contribution >= 4 is 17.7 Å². The highest BCUT2D eigenvalue weighted by Crippen LogP contribution is 2.24. The number of halogens is 2. The zero-order valence-electron chi connectivity index (χ0n) is 10.00. The summed E-state index contributed by atoms with van der Waals surface area (Å²) in [5.41, 5.74) is -0.369. The molecule has 0 radical (unpaired) electrons. The van der Waals surface area contributed by atoms with Crippen molar-refractivity contribution in [3.8, 4) is 5.75 Å². The predicted molar refractivity (Wildman–Crippen MR) is 62.2 cm³/mol. The van der Waals surface area contributed by atoms with Gasteiger partial charge in [-0.1, -0.05) is 0 Å². The number of rotatable bonds is 5. The van der Waals surface area contributed by atoms with Crippen molar-refractivity contribution < 1.29 is 28.2 Å². The fourth-order valence-electron chi connectivity index (χ4n) is 1.23. The number of methoxy groups -OCH3 is 1. The third-order valence-corrected chi connectivity index (χ3v) is 2.11. The number of hydrogen-bond donors (Lipinski definition) is 3. The van der Waals surface area contributed by atoms with Gasteiger partial charge in [0.1, 0.15) is 0 Å². The van der Waals surface area contributed by atoms with Crippen LogP contribution in [-0.4, -0.2) is 30.8 Å². The zero-order chi connectivity index (χ0) is 14.4. The number of ether oxygens (including phenoxy) is 1. The SMILES string of the molecule is COc1cc(F)c(NC(=O)NCCC(=O)O)cc1F. The molecular weight excluding hydrogens is 262 g/mol. The molecule has 0 atom stereocenters. The topological polar surface area (TPSA) is 87.7 Å². The molecule has 0 saturated carbocycles. The molecule has 0 aliphatic rings. The first-order valence-corrected chi connectivity index (χ1v) is 5.23. The molecule has 0 unspecified atom stereocenters. The molecule has 2 amide bonds. The Labute approximate surface area is 107 Å². The maximum atomic E-state index is 13.4. The number of amides is 2. The average Bonchev–Trinajstić information content (AvgIpc) is 2.32. The Hall–Kier alpha value is -2.38. The molecule has 1 rings (SSSR count). The number of nitrogens with one attached hydrogen (secondary N) is 2. The lowest BCUT2D eigenvalue weighted by Gasteiger charge is -2.09. The minimum atomic E-state index is -1.08. The van der Waals surface area contributed by atoms with Crippen LogP contribution in [-0.2, 0) is 4.79 Å². The largest absolute Gasteiger partial charge is 0.494 e. The Morgan fingerprint density at radius 2 is 2.00 bits per heavy atom. The number of carboxylic acids is 1. The third kappa shape index (κ3) is 4.41. The third-order valence-electron chi connectivity index (χ3n) is 2.11. The number of urea groups is 1. The fourth-order valence-corrected chi connectivity index (χ4v) is 1.23. The summed E-state index contributed by atoms with van der Waals surface area (Å²) in [7, 11) is 1.18. The lowest BCUT2D eigenvalue weighted by atomic mass is 10.2. The Bertz CT molecular complexity index is 494. The van der Waals surface area contributed by atoms with E-state index < -0.39 is 23.6 Å². The number of aliphatic carboxylic acids is 1.